The molecule has 0 spiro atoms. The van der Waals surface area contributed by atoms with Crippen molar-refractivity contribution >= 4 is 0 Å². The van der Waals surface area contributed by atoms with E-state index in [9.17, 15) is 8.78 Å². The van der Waals surface area contributed by atoms with Crippen LogP contribution in [0.5, 0.6) is 5.75 Å². The Morgan fingerprint density at radius 2 is 1.79 bits per heavy atom. The van der Waals surface area contributed by atoms with Crippen molar-refractivity contribution in [1.82, 2.24) is 0 Å². The van der Waals surface area contributed by atoms with Crippen LogP contribution in [0.4, 0.5) is 8.78 Å². The molecule has 0 radical (unpaired) electrons. The first-order chi connectivity index (χ1) is 9.19. The van der Waals surface area contributed by atoms with Gasteiger partial charge in [0.1, 0.15) is 24.0 Å². The van der Waals surface area contributed by atoms with E-state index < -0.39 is 11.6 Å². The topological polar surface area (TPSA) is 33.0 Å². The molecule has 0 aliphatic heterocycles. The minimum absolute atomic E-state index is 0.0405. The summed E-state index contributed by atoms with van der Waals surface area (Å²) in [6, 6.07) is 12.2. The second-order valence-electron chi connectivity index (χ2n) is 4.00. The smallest absolute Gasteiger partial charge is 0.130 e. The van der Waals surface area contributed by atoms with Crippen molar-refractivity contribution in [2.45, 2.75) is 13.0 Å². The first-order valence-electron chi connectivity index (χ1n) is 5.71. The zero-order valence-electron chi connectivity index (χ0n) is 10.1. The van der Waals surface area contributed by atoms with Gasteiger partial charge in [-0.2, -0.15) is 5.26 Å². The van der Waals surface area contributed by atoms with E-state index in [-0.39, 0.29) is 12.2 Å². The van der Waals surface area contributed by atoms with Crippen LogP contribution in [0.25, 0.3) is 0 Å². The van der Waals surface area contributed by atoms with E-state index >= 15 is 0 Å². The molecule has 0 saturated heterocycles. The summed E-state index contributed by atoms with van der Waals surface area (Å²) in [4.78, 5) is 0. The maximum atomic E-state index is 13.4. The number of nitriles is 1. The Bertz CT molecular complexity index is 603. The van der Waals surface area contributed by atoms with Gasteiger partial charge in [-0.05, 0) is 35.9 Å². The monoisotopic (exact) mass is 259 g/mol. The second-order valence-corrected chi connectivity index (χ2v) is 4.00. The third-order valence-electron chi connectivity index (χ3n) is 2.61. The normalized spacial score (nSPS) is 9.95. The summed E-state index contributed by atoms with van der Waals surface area (Å²) >= 11 is 0. The summed E-state index contributed by atoms with van der Waals surface area (Å²) in [5.74, 6) is -0.447. The molecule has 0 aromatic heterocycles. The number of hydrogen-bond donors (Lipinski definition) is 0. The highest BCUT2D eigenvalue weighted by molar-refractivity contribution is 5.29. The van der Waals surface area contributed by atoms with Crippen molar-refractivity contribution in [1.29, 1.82) is 5.26 Å². The second kappa shape index (κ2) is 5.96. The van der Waals surface area contributed by atoms with Crippen molar-refractivity contribution in [3.05, 3.63) is 65.2 Å². The highest BCUT2D eigenvalue weighted by Gasteiger charge is 2.04. The molecule has 2 rings (SSSR count). The molecule has 4 heteroatoms. The Labute approximate surface area is 109 Å². The standard InChI is InChI=1S/C15H11F2NO/c16-13-3-6-15(17)12(9-13)10-19-14-4-1-11(2-5-14)7-8-18/h1-6,9H,7,10H2. The molecule has 19 heavy (non-hydrogen) atoms. The Morgan fingerprint density at radius 1 is 1.05 bits per heavy atom. The van der Waals surface area contributed by atoms with Crippen LogP contribution < -0.4 is 4.74 Å². The van der Waals surface area contributed by atoms with Crippen LogP contribution in [0.2, 0.25) is 0 Å². The molecule has 2 nitrogen and oxygen atoms in total. The number of nitrogens with zero attached hydrogens (tertiary/aromatic N) is 1. The lowest BCUT2D eigenvalue weighted by Gasteiger charge is -2.07. The van der Waals surface area contributed by atoms with Crippen LogP contribution in [0.3, 0.4) is 0 Å². The summed E-state index contributed by atoms with van der Waals surface area (Å²) in [6.45, 7) is -0.0405. The fraction of sp³-hybridized carbons (Fsp3) is 0.133. The van der Waals surface area contributed by atoms with Crippen molar-refractivity contribution in [3.8, 4) is 11.8 Å². The minimum atomic E-state index is -0.498. The van der Waals surface area contributed by atoms with Crippen LogP contribution >= 0.6 is 0 Å². The molecule has 0 fully saturated rings. The number of benzene rings is 2. The molecule has 0 N–H and O–H groups in total. The van der Waals surface area contributed by atoms with E-state index in [1.54, 1.807) is 24.3 Å². The number of ether oxygens (including phenoxy) is 1. The number of halogens is 2. The van der Waals surface area contributed by atoms with Gasteiger partial charge in [-0.15, -0.1) is 0 Å². The molecule has 0 saturated carbocycles. The Hall–Kier alpha value is -2.41. The van der Waals surface area contributed by atoms with Gasteiger partial charge in [-0.3, -0.25) is 0 Å². The number of rotatable bonds is 4. The maximum Gasteiger partial charge on any atom is 0.130 e. The van der Waals surface area contributed by atoms with E-state index in [4.69, 9.17) is 10.00 Å². The molecule has 2 aromatic carbocycles. The van der Waals surface area contributed by atoms with Crippen LogP contribution in [0.1, 0.15) is 11.1 Å². The predicted molar refractivity (Wildman–Crippen MR) is 66.4 cm³/mol. The fourth-order valence-corrected chi connectivity index (χ4v) is 1.61. The molecular weight excluding hydrogens is 248 g/mol. The summed E-state index contributed by atoms with van der Waals surface area (Å²) in [5, 5.41) is 8.54. The highest BCUT2D eigenvalue weighted by Crippen LogP contribution is 2.16. The van der Waals surface area contributed by atoms with Crippen LogP contribution in [0, 0.1) is 23.0 Å². The lowest BCUT2D eigenvalue weighted by atomic mass is 10.1. The van der Waals surface area contributed by atoms with Crippen molar-refractivity contribution in [3.63, 3.8) is 0 Å². The van der Waals surface area contributed by atoms with Crippen LogP contribution in [-0.2, 0) is 13.0 Å². The summed E-state index contributed by atoms with van der Waals surface area (Å²) in [7, 11) is 0. The van der Waals surface area contributed by atoms with Gasteiger partial charge in [-0.1, -0.05) is 12.1 Å². The first kappa shape index (κ1) is 13.0. The van der Waals surface area contributed by atoms with E-state index in [0.717, 1.165) is 23.8 Å². The summed E-state index contributed by atoms with van der Waals surface area (Å²) in [5.41, 5.74) is 1.05. The molecule has 0 atom stereocenters. The molecule has 2 aromatic rings. The van der Waals surface area contributed by atoms with Gasteiger partial charge >= 0.3 is 0 Å². The Kier molecular flexibility index (Phi) is 4.09. The van der Waals surface area contributed by atoms with Gasteiger partial charge in [0, 0.05) is 5.56 Å². The Balaban J connectivity index is 2.02. The summed E-state index contributed by atoms with van der Waals surface area (Å²) in [6.07, 6.45) is 0.332. The van der Waals surface area contributed by atoms with Gasteiger partial charge in [0.2, 0.25) is 0 Å². The van der Waals surface area contributed by atoms with Gasteiger partial charge < -0.3 is 4.74 Å². The van der Waals surface area contributed by atoms with Crippen LogP contribution in [0.15, 0.2) is 42.5 Å². The molecule has 0 aliphatic carbocycles. The molecule has 0 unspecified atom stereocenters. The lowest BCUT2D eigenvalue weighted by Crippen LogP contribution is -1.99. The Morgan fingerprint density at radius 3 is 2.47 bits per heavy atom. The average molecular weight is 259 g/mol. The van der Waals surface area contributed by atoms with Gasteiger partial charge in [0.05, 0.1) is 12.5 Å². The SMILES string of the molecule is N#CCc1ccc(OCc2cc(F)ccc2F)cc1. The van der Waals surface area contributed by atoms with E-state index in [0.29, 0.717) is 12.2 Å². The summed E-state index contributed by atoms with van der Waals surface area (Å²) < 4.78 is 31.7. The van der Waals surface area contributed by atoms with Gasteiger partial charge in [0.25, 0.3) is 0 Å². The van der Waals surface area contributed by atoms with E-state index in [2.05, 4.69) is 0 Å². The molecule has 0 heterocycles. The minimum Gasteiger partial charge on any atom is -0.489 e. The molecular formula is C15H11F2NO. The number of hydrogen-bond acceptors (Lipinski definition) is 2. The zero-order chi connectivity index (χ0) is 13.7. The van der Waals surface area contributed by atoms with Crippen LogP contribution in [-0.4, -0.2) is 0 Å². The molecule has 96 valence electrons. The van der Waals surface area contributed by atoms with Crippen molar-refractivity contribution in [2.75, 3.05) is 0 Å². The molecule has 0 aliphatic rings. The van der Waals surface area contributed by atoms with E-state index in [1.165, 1.54) is 0 Å². The highest BCUT2D eigenvalue weighted by atomic mass is 19.1. The van der Waals surface area contributed by atoms with Gasteiger partial charge in [0.15, 0.2) is 0 Å². The van der Waals surface area contributed by atoms with Crippen molar-refractivity contribution < 1.29 is 13.5 Å². The third kappa shape index (κ3) is 3.52. The van der Waals surface area contributed by atoms with Crippen molar-refractivity contribution in [2.24, 2.45) is 0 Å². The molecule has 0 bridgehead atoms. The zero-order valence-corrected chi connectivity index (χ0v) is 10.1. The largest absolute Gasteiger partial charge is 0.489 e. The third-order valence-corrected chi connectivity index (χ3v) is 2.61. The fourth-order valence-electron chi connectivity index (χ4n) is 1.61. The quantitative estimate of drug-likeness (QED) is 0.840. The predicted octanol–water partition coefficient (Wildman–Crippen LogP) is 3.61. The maximum absolute atomic E-state index is 13.4. The first-order valence-corrected chi connectivity index (χ1v) is 5.71. The van der Waals surface area contributed by atoms with E-state index in [1.807, 2.05) is 6.07 Å². The average Bonchev–Trinajstić information content (AvgIpc) is 2.42. The lowest BCUT2D eigenvalue weighted by molar-refractivity contribution is 0.299. The molecule has 0 amide bonds. The van der Waals surface area contributed by atoms with Gasteiger partial charge in [-0.25, -0.2) is 8.78 Å².